The summed E-state index contributed by atoms with van der Waals surface area (Å²) in [6.45, 7) is -0.243. The van der Waals surface area contributed by atoms with Crippen molar-refractivity contribution in [3.05, 3.63) is 28.3 Å². The Morgan fingerprint density at radius 2 is 2.12 bits per heavy atom. The molecular formula is C8H8ClNO6S. The summed E-state index contributed by atoms with van der Waals surface area (Å²) in [5.41, 5.74) is -0.369. The molecule has 17 heavy (non-hydrogen) atoms. The highest BCUT2D eigenvalue weighted by molar-refractivity contribution is 8.13. The maximum atomic E-state index is 11.0. The van der Waals surface area contributed by atoms with Crippen LogP contribution in [0.25, 0.3) is 0 Å². The molecule has 0 saturated heterocycles. The van der Waals surface area contributed by atoms with E-state index in [1.807, 2.05) is 0 Å². The smallest absolute Gasteiger partial charge is 0.311 e. The van der Waals surface area contributed by atoms with Gasteiger partial charge in [0.2, 0.25) is 5.75 Å². The molecule has 9 heteroatoms. The molecule has 0 radical (unpaired) electrons. The number of methoxy groups -OCH3 is 1. The lowest BCUT2D eigenvalue weighted by Crippen LogP contribution is -2.03. The highest BCUT2D eigenvalue weighted by Crippen LogP contribution is 2.30. The van der Waals surface area contributed by atoms with Gasteiger partial charge in [-0.2, -0.15) is 0 Å². The molecule has 0 heterocycles. The van der Waals surface area contributed by atoms with Crippen LogP contribution >= 0.6 is 10.7 Å². The van der Waals surface area contributed by atoms with Crippen LogP contribution in [0.2, 0.25) is 0 Å². The zero-order chi connectivity index (χ0) is 13.1. The Morgan fingerprint density at radius 1 is 1.47 bits per heavy atom. The molecule has 1 aromatic rings. The predicted octanol–water partition coefficient (Wildman–Crippen LogP) is 1.50. The normalized spacial score (nSPS) is 11.2. The Hall–Kier alpha value is -1.38. The van der Waals surface area contributed by atoms with Crippen LogP contribution in [-0.2, 0) is 13.8 Å². The van der Waals surface area contributed by atoms with Gasteiger partial charge in [0.25, 0.3) is 9.05 Å². The van der Waals surface area contributed by atoms with Crippen LogP contribution in [0.3, 0.4) is 0 Å². The molecule has 1 aromatic carbocycles. The van der Waals surface area contributed by atoms with Crippen LogP contribution in [0, 0.1) is 10.1 Å². The Kier molecular flexibility index (Phi) is 4.27. The standard InChI is InChI=1S/C8H8ClNO6S/c1-15-5-16-8-4-6(17(9,13)14)2-3-7(8)10(11)12/h2-4H,5H2,1H3. The molecule has 0 unspecified atom stereocenters. The minimum atomic E-state index is -3.96. The lowest BCUT2D eigenvalue weighted by atomic mass is 10.3. The van der Waals surface area contributed by atoms with E-state index in [4.69, 9.17) is 15.4 Å². The first-order chi connectivity index (χ1) is 7.86. The van der Waals surface area contributed by atoms with Crippen molar-refractivity contribution in [2.75, 3.05) is 13.9 Å². The van der Waals surface area contributed by atoms with E-state index < -0.39 is 14.0 Å². The third-order valence-electron chi connectivity index (χ3n) is 1.74. The number of hydrogen-bond acceptors (Lipinski definition) is 6. The van der Waals surface area contributed by atoms with Gasteiger partial charge < -0.3 is 9.47 Å². The van der Waals surface area contributed by atoms with E-state index in [0.717, 1.165) is 18.2 Å². The van der Waals surface area contributed by atoms with E-state index >= 15 is 0 Å². The largest absolute Gasteiger partial charge is 0.460 e. The third kappa shape index (κ3) is 3.55. The van der Waals surface area contributed by atoms with Crippen molar-refractivity contribution in [2.24, 2.45) is 0 Å². The average Bonchev–Trinajstić information content (AvgIpc) is 2.24. The third-order valence-corrected chi connectivity index (χ3v) is 3.09. The van der Waals surface area contributed by atoms with Crippen molar-refractivity contribution in [1.29, 1.82) is 0 Å². The summed E-state index contributed by atoms with van der Waals surface area (Å²) in [5.74, 6) is -0.224. The number of nitro groups is 1. The Morgan fingerprint density at radius 3 is 2.59 bits per heavy atom. The number of nitro benzene ring substituents is 1. The van der Waals surface area contributed by atoms with Gasteiger partial charge in [-0.25, -0.2) is 8.42 Å². The fraction of sp³-hybridized carbons (Fsp3) is 0.250. The number of nitrogens with zero attached hydrogens (tertiary/aromatic N) is 1. The first-order valence-electron chi connectivity index (χ1n) is 4.21. The van der Waals surface area contributed by atoms with E-state index in [2.05, 4.69) is 4.74 Å². The molecule has 0 aliphatic carbocycles. The van der Waals surface area contributed by atoms with Crippen molar-refractivity contribution in [2.45, 2.75) is 4.90 Å². The van der Waals surface area contributed by atoms with Gasteiger partial charge in [0.05, 0.1) is 9.82 Å². The van der Waals surface area contributed by atoms with Gasteiger partial charge >= 0.3 is 5.69 Å². The summed E-state index contributed by atoms with van der Waals surface area (Å²) in [6.07, 6.45) is 0. The van der Waals surface area contributed by atoms with E-state index in [1.54, 1.807) is 0 Å². The maximum absolute atomic E-state index is 11.0. The quantitative estimate of drug-likeness (QED) is 0.351. The molecule has 0 aliphatic heterocycles. The lowest BCUT2D eigenvalue weighted by molar-refractivity contribution is -0.386. The van der Waals surface area contributed by atoms with Crippen molar-refractivity contribution >= 4 is 25.4 Å². The van der Waals surface area contributed by atoms with Crippen molar-refractivity contribution in [3.8, 4) is 5.75 Å². The predicted molar refractivity (Wildman–Crippen MR) is 58.6 cm³/mol. The summed E-state index contributed by atoms with van der Waals surface area (Å²) in [7, 11) is 2.48. The van der Waals surface area contributed by atoms with E-state index in [0.29, 0.717) is 0 Å². The van der Waals surface area contributed by atoms with Crippen LogP contribution in [0.15, 0.2) is 23.1 Å². The Labute approximate surface area is 101 Å². The summed E-state index contributed by atoms with van der Waals surface area (Å²) < 4.78 is 31.6. The molecule has 0 atom stereocenters. The van der Waals surface area contributed by atoms with Crippen molar-refractivity contribution in [3.63, 3.8) is 0 Å². The van der Waals surface area contributed by atoms with Gasteiger partial charge in [-0.15, -0.1) is 0 Å². The molecule has 1 rings (SSSR count). The molecule has 7 nitrogen and oxygen atoms in total. The molecule has 0 amide bonds. The van der Waals surface area contributed by atoms with Crippen molar-refractivity contribution < 1.29 is 22.8 Å². The number of hydrogen-bond donors (Lipinski definition) is 0. The SMILES string of the molecule is COCOc1cc(S(=O)(=O)Cl)ccc1[N+](=O)[O-]. The van der Waals surface area contributed by atoms with E-state index in [1.165, 1.54) is 7.11 Å². The van der Waals surface area contributed by atoms with Gasteiger partial charge in [-0.3, -0.25) is 10.1 Å². The Bertz CT molecular complexity index is 529. The topological polar surface area (TPSA) is 95.7 Å². The molecular weight excluding hydrogens is 274 g/mol. The van der Waals surface area contributed by atoms with Gasteiger partial charge in [0, 0.05) is 29.9 Å². The zero-order valence-electron chi connectivity index (χ0n) is 8.62. The van der Waals surface area contributed by atoms with Crippen LogP contribution in [0.4, 0.5) is 5.69 Å². The van der Waals surface area contributed by atoms with Gasteiger partial charge in [0.1, 0.15) is 0 Å². The van der Waals surface area contributed by atoms with Gasteiger partial charge in [0.15, 0.2) is 6.79 Å². The lowest BCUT2D eigenvalue weighted by Gasteiger charge is -2.06. The second kappa shape index (κ2) is 5.30. The van der Waals surface area contributed by atoms with E-state index in [-0.39, 0.29) is 23.1 Å². The maximum Gasteiger partial charge on any atom is 0.311 e. The average molecular weight is 282 g/mol. The number of rotatable bonds is 5. The molecule has 0 bridgehead atoms. The molecule has 94 valence electrons. The molecule has 0 spiro atoms. The summed E-state index contributed by atoms with van der Waals surface area (Å²) in [4.78, 5) is 9.67. The molecule has 0 saturated carbocycles. The monoisotopic (exact) mass is 281 g/mol. The van der Waals surface area contributed by atoms with Crippen LogP contribution in [0.5, 0.6) is 5.75 Å². The fourth-order valence-corrected chi connectivity index (χ4v) is 1.80. The highest BCUT2D eigenvalue weighted by atomic mass is 35.7. The zero-order valence-corrected chi connectivity index (χ0v) is 10.2. The summed E-state index contributed by atoms with van der Waals surface area (Å²) in [6, 6.07) is 3.00. The molecule has 0 aliphatic rings. The van der Waals surface area contributed by atoms with Crippen molar-refractivity contribution in [1.82, 2.24) is 0 Å². The number of ether oxygens (including phenoxy) is 2. The number of benzene rings is 1. The molecule has 0 fully saturated rings. The first kappa shape index (κ1) is 13.7. The Balaban J connectivity index is 3.24. The van der Waals surface area contributed by atoms with Gasteiger partial charge in [-0.05, 0) is 6.07 Å². The van der Waals surface area contributed by atoms with Gasteiger partial charge in [-0.1, -0.05) is 0 Å². The van der Waals surface area contributed by atoms with E-state index in [9.17, 15) is 18.5 Å². The summed E-state index contributed by atoms with van der Waals surface area (Å²) >= 11 is 0. The summed E-state index contributed by atoms with van der Waals surface area (Å²) in [5, 5.41) is 10.6. The van der Waals surface area contributed by atoms with Crippen LogP contribution in [0.1, 0.15) is 0 Å². The minimum Gasteiger partial charge on any atom is -0.460 e. The van der Waals surface area contributed by atoms with Crippen LogP contribution in [-0.4, -0.2) is 27.2 Å². The number of halogens is 1. The highest BCUT2D eigenvalue weighted by Gasteiger charge is 2.20. The molecule has 0 N–H and O–H groups in total. The first-order valence-corrected chi connectivity index (χ1v) is 6.52. The molecule has 0 aromatic heterocycles. The second-order valence-corrected chi connectivity index (χ2v) is 5.44. The second-order valence-electron chi connectivity index (χ2n) is 2.88. The minimum absolute atomic E-state index is 0.224. The van der Waals surface area contributed by atoms with Crippen LogP contribution < -0.4 is 4.74 Å². The fourth-order valence-electron chi connectivity index (χ4n) is 1.03.